The SMILES string of the molecule is COc1ccc(C2C(CN=C(N)N3CCCC(C)C3)CCCN2C)cc1.I. The summed E-state index contributed by atoms with van der Waals surface area (Å²) in [7, 11) is 3.93. The molecule has 3 atom stereocenters. The summed E-state index contributed by atoms with van der Waals surface area (Å²) in [6.07, 6.45) is 4.95. The normalized spacial score (nSPS) is 27.1. The molecule has 0 radical (unpaired) electrons. The summed E-state index contributed by atoms with van der Waals surface area (Å²) in [5.41, 5.74) is 7.68. The molecule has 0 aromatic heterocycles. The lowest BCUT2D eigenvalue weighted by Gasteiger charge is -2.39. The van der Waals surface area contributed by atoms with Crippen molar-refractivity contribution in [2.24, 2.45) is 22.6 Å². The van der Waals surface area contributed by atoms with Crippen LogP contribution in [0.3, 0.4) is 0 Å². The van der Waals surface area contributed by atoms with Crippen LogP contribution in [0.5, 0.6) is 5.75 Å². The number of likely N-dealkylation sites (tertiary alicyclic amines) is 2. The first-order valence-electron chi connectivity index (χ1n) is 9.97. The van der Waals surface area contributed by atoms with Crippen molar-refractivity contribution in [2.45, 2.75) is 38.6 Å². The zero-order chi connectivity index (χ0) is 18.5. The Hall–Kier alpha value is -1.02. The van der Waals surface area contributed by atoms with E-state index in [-0.39, 0.29) is 24.0 Å². The molecule has 2 aliphatic heterocycles. The Balaban J connectivity index is 0.00000261. The van der Waals surface area contributed by atoms with Crippen molar-refractivity contribution >= 4 is 29.9 Å². The number of benzene rings is 1. The molecule has 152 valence electrons. The van der Waals surface area contributed by atoms with Crippen LogP contribution in [0, 0.1) is 11.8 Å². The maximum Gasteiger partial charge on any atom is 0.191 e. The van der Waals surface area contributed by atoms with Crippen LogP contribution in [-0.4, -0.2) is 56.1 Å². The highest BCUT2D eigenvalue weighted by atomic mass is 127. The van der Waals surface area contributed by atoms with E-state index in [1.165, 1.54) is 31.2 Å². The first-order valence-corrected chi connectivity index (χ1v) is 9.97. The lowest BCUT2D eigenvalue weighted by atomic mass is 9.85. The highest BCUT2D eigenvalue weighted by Crippen LogP contribution is 2.36. The van der Waals surface area contributed by atoms with Crippen molar-refractivity contribution in [1.82, 2.24) is 9.80 Å². The minimum Gasteiger partial charge on any atom is -0.497 e. The molecule has 0 saturated carbocycles. The third kappa shape index (κ3) is 5.73. The van der Waals surface area contributed by atoms with Gasteiger partial charge in [-0.15, -0.1) is 24.0 Å². The van der Waals surface area contributed by atoms with Crippen molar-refractivity contribution in [1.29, 1.82) is 0 Å². The summed E-state index contributed by atoms with van der Waals surface area (Å²) in [5.74, 6) is 2.86. The molecule has 1 aromatic carbocycles. The first kappa shape index (κ1) is 22.3. The first-order chi connectivity index (χ1) is 12.6. The van der Waals surface area contributed by atoms with Crippen molar-refractivity contribution in [3.8, 4) is 5.75 Å². The van der Waals surface area contributed by atoms with E-state index in [0.29, 0.717) is 17.9 Å². The van der Waals surface area contributed by atoms with Crippen molar-refractivity contribution in [3.63, 3.8) is 0 Å². The van der Waals surface area contributed by atoms with Crippen LogP contribution < -0.4 is 10.5 Å². The number of nitrogens with two attached hydrogens (primary N) is 1. The summed E-state index contributed by atoms with van der Waals surface area (Å²) in [5, 5.41) is 0. The molecule has 2 aliphatic rings. The van der Waals surface area contributed by atoms with E-state index >= 15 is 0 Å². The molecule has 0 bridgehead atoms. The number of hydrogen-bond acceptors (Lipinski definition) is 3. The van der Waals surface area contributed by atoms with Gasteiger partial charge in [-0.1, -0.05) is 19.1 Å². The Bertz CT molecular complexity index is 607. The second-order valence-electron chi connectivity index (χ2n) is 7.99. The minimum absolute atomic E-state index is 0. The van der Waals surface area contributed by atoms with Gasteiger partial charge in [0.2, 0.25) is 0 Å². The van der Waals surface area contributed by atoms with Gasteiger partial charge in [-0.3, -0.25) is 9.89 Å². The van der Waals surface area contributed by atoms with Crippen LogP contribution in [0.25, 0.3) is 0 Å². The highest BCUT2D eigenvalue weighted by Gasteiger charge is 2.30. The van der Waals surface area contributed by atoms with Gasteiger partial charge in [0.15, 0.2) is 5.96 Å². The molecule has 2 heterocycles. The van der Waals surface area contributed by atoms with Crippen LogP contribution in [0.15, 0.2) is 29.3 Å². The molecule has 3 rings (SSSR count). The average molecular weight is 486 g/mol. The maximum absolute atomic E-state index is 6.33. The molecule has 2 N–H and O–H groups in total. The average Bonchev–Trinajstić information content (AvgIpc) is 2.66. The number of halogens is 1. The number of aliphatic imine (C=N–C) groups is 1. The predicted molar refractivity (Wildman–Crippen MR) is 123 cm³/mol. The highest BCUT2D eigenvalue weighted by molar-refractivity contribution is 14.0. The van der Waals surface area contributed by atoms with E-state index in [2.05, 4.69) is 48.0 Å². The largest absolute Gasteiger partial charge is 0.497 e. The van der Waals surface area contributed by atoms with Gasteiger partial charge < -0.3 is 15.4 Å². The quantitative estimate of drug-likeness (QED) is 0.400. The van der Waals surface area contributed by atoms with Gasteiger partial charge in [0.05, 0.1) is 7.11 Å². The van der Waals surface area contributed by atoms with Gasteiger partial charge in [0.1, 0.15) is 5.75 Å². The van der Waals surface area contributed by atoms with E-state index in [9.17, 15) is 0 Å². The van der Waals surface area contributed by atoms with Crippen molar-refractivity contribution in [2.75, 3.05) is 40.3 Å². The number of guanidine groups is 1. The summed E-state index contributed by atoms with van der Waals surface area (Å²) in [6.45, 7) is 6.33. The molecule has 0 amide bonds. The topological polar surface area (TPSA) is 54.1 Å². The van der Waals surface area contributed by atoms with Crippen LogP contribution in [0.2, 0.25) is 0 Å². The molecule has 0 spiro atoms. The summed E-state index contributed by atoms with van der Waals surface area (Å²) >= 11 is 0. The van der Waals surface area contributed by atoms with Gasteiger partial charge in [0.25, 0.3) is 0 Å². The van der Waals surface area contributed by atoms with Gasteiger partial charge in [0, 0.05) is 25.7 Å². The van der Waals surface area contributed by atoms with E-state index in [0.717, 1.165) is 37.9 Å². The van der Waals surface area contributed by atoms with Crippen molar-refractivity contribution < 1.29 is 4.74 Å². The molecule has 2 fully saturated rings. The minimum atomic E-state index is 0. The molecule has 6 heteroatoms. The summed E-state index contributed by atoms with van der Waals surface area (Å²) in [4.78, 5) is 9.55. The molecular weight excluding hydrogens is 451 g/mol. The number of ether oxygens (including phenoxy) is 1. The zero-order valence-corrected chi connectivity index (χ0v) is 19.3. The summed E-state index contributed by atoms with van der Waals surface area (Å²) in [6, 6.07) is 8.89. The monoisotopic (exact) mass is 486 g/mol. The van der Waals surface area contributed by atoms with Gasteiger partial charge in [-0.2, -0.15) is 0 Å². The second kappa shape index (κ2) is 10.5. The van der Waals surface area contributed by atoms with E-state index in [1.54, 1.807) is 7.11 Å². The standard InChI is InChI=1S/C21H34N4O.HI/c1-16-6-4-13-25(15-16)21(22)23-14-18-7-5-12-24(2)20(18)17-8-10-19(26-3)11-9-17;/h8-11,16,18,20H,4-7,12-15H2,1-3H3,(H2,22,23);1H. The second-order valence-corrected chi connectivity index (χ2v) is 7.99. The molecule has 2 saturated heterocycles. The molecule has 3 unspecified atom stereocenters. The maximum atomic E-state index is 6.33. The Morgan fingerprint density at radius 1 is 1.19 bits per heavy atom. The van der Waals surface area contributed by atoms with E-state index < -0.39 is 0 Å². The van der Waals surface area contributed by atoms with Gasteiger partial charge in [-0.25, -0.2) is 0 Å². The number of rotatable bonds is 4. The fourth-order valence-corrected chi connectivity index (χ4v) is 4.49. The summed E-state index contributed by atoms with van der Waals surface area (Å²) < 4.78 is 5.31. The van der Waals surface area contributed by atoms with Gasteiger partial charge in [-0.05, 0) is 68.8 Å². The lowest BCUT2D eigenvalue weighted by molar-refractivity contribution is 0.125. The fraction of sp³-hybridized carbons (Fsp3) is 0.667. The van der Waals surface area contributed by atoms with Crippen LogP contribution in [0.1, 0.15) is 44.2 Å². The fourth-order valence-electron chi connectivity index (χ4n) is 4.49. The number of piperidine rings is 2. The predicted octanol–water partition coefficient (Wildman–Crippen LogP) is 3.74. The molecule has 27 heavy (non-hydrogen) atoms. The molecule has 5 nitrogen and oxygen atoms in total. The smallest absolute Gasteiger partial charge is 0.191 e. The van der Waals surface area contributed by atoms with Gasteiger partial charge >= 0.3 is 0 Å². The third-order valence-electron chi connectivity index (χ3n) is 5.93. The number of hydrogen-bond donors (Lipinski definition) is 1. The third-order valence-corrected chi connectivity index (χ3v) is 5.93. The Labute approximate surface area is 181 Å². The Morgan fingerprint density at radius 3 is 2.56 bits per heavy atom. The van der Waals surface area contributed by atoms with Crippen LogP contribution in [-0.2, 0) is 0 Å². The van der Waals surface area contributed by atoms with Crippen LogP contribution >= 0.6 is 24.0 Å². The van der Waals surface area contributed by atoms with Crippen LogP contribution in [0.4, 0.5) is 0 Å². The van der Waals surface area contributed by atoms with Crippen molar-refractivity contribution in [3.05, 3.63) is 29.8 Å². The Kier molecular flexibility index (Phi) is 8.66. The number of nitrogens with zero attached hydrogens (tertiary/aromatic N) is 3. The Morgan fingerprint density at radius 2 is 1.89 bits per heavy atom. The zero-order valence-electron chi connectivity index (χ0n) is 16.9. The van der Waals surface area contributed by atoms with E-state index in [4.69, 9.17) is 15.5 Å². The number of methoxy groups -OCH3 is 1. The molecule has 0 aliphatic carbocycles. The van der Waals surface area contributed by atoms with E-state index in [1.807, 2.05) is 0 Å². The molecule has 1 aromatic rings. The molecular formula is C21H35IN4O. The lowest BCUT2D eigenvalue weighted by Crippen LogP contribution is -2.44.